The number of hydrogen-bond donors (Lipinski definition) is 0. The second-order valence-electron chi connectivity index (χ2n) is 5.15. The van der Waals surface area contributed by atoms with E-state index >= 15 is 0 Å². The zero-order valence-electron chi connectivity index (χ0n) is 12.1. The van der Waals surface area contributed by atoms with E-state index in [1.165, 1.54) is 14.2 Å². The smallest absolute Gasteiger partial charge is 0.311 e. The minimum atomic E-state index is -0.519. The molecule has 0 amide bonds. The molecule has 2 aliphatic heterocycles. The molecule has 0 bridgehead atoms. The van der Waals surface area contributed by atoms with Gasteiger partial charge in [0.25, 0.3) is 0 Å². The quantitative estimate of drug-likeness (QED) is 0.557. The average Bonchev–Trinajstić information content (AvgIpc) is 2.86. The summed E-state index contributed by atoms with van der Waals surface area (Å²) < 4.78 is 14.8. The molecule has 0 saturated carbocycles. The van der Waals surface area contributed by atoms with Crippen molar-refractivity contribution in [2.24, 2.45) is 11.8 Å². The van der Waals surface area contributed by atoms with Crippen molar-refractivity contribution in [2.75, 3.05) is 34.4 Å². The van der Waals surface area contributed by atoms with E-state index in [1.54, 1.807) is 13.4 Å². The average molecular weight is 283 g/mol. The van der Waals surface area contributed by atoms with E-state index in [0.29, 0.717) is 6.54 Å². The van der Waals surface area contributed by atoms with E-state index < -0.39 is 11.8 Å². The second-order valence-corrected chi connectivity index (χ2v) is 5.15. The highest BCUT2D eigenvalue weighted by atomic mass is 16.5. The summed E-state index contributed by atoms with van der Waals surface area (Å²) in [5.74, 6) is -1.71. The standard InChI is InChI=1S/C14H21NO5/c1-18-8-9-5-4-6-15-7-10(13(16)19-2)11(12(9)15)14(17)20-3/h8,10-12H,4-7H2,1-3H3/b9-8+/t10-,11-,12?/m1/s1. The van der Waals surface area contributed by atoms with Gasteiger partial charge in [0.1, 0.15) is 0 Å². The molecule has 2 heterocycles. The van der Waals surface area contributed by atoms with Crippen LogP contribution in [0.5, 0.6) is 0 Å². The number of ether oxygens (including phenoxy) is 3. The Kier molecular flexibility index (Phi) is 4.65. The maximum absolute atomic E-state index is 12.1. The lowest BCUT2D eigenvalue weighted by atomic mass is 9.84. The summed E-state index contributed by atoms with van der Waals surface area (Å²) in [4.78, 5) is 26.2. The van der Waals surface area contributed by atoms with Gasteiger partial charge in [0, 0.05) is 12.6 Å². The van der Waals surface area contributed by atoms with Gasteiger partial charge in [0.05, 0.1) is 39.4 Å². The Hall–Kier alpha value is -1.56. The van der Waals surface area contributed by atoms with Crippen LogP contribution in [0.3, 0.4) is 0 Å². The molecule has 0 spiro atoms. The van der Waals surface area contributed by atoms with Crippen molar-refractivity contribution in [3.63, 3.8) is 0 Å². The van der Waals surface area contributed by atoms with E-state index in [9.17, 15) is 9.59 Å². The van der Waals surface area contributed by atoms with Crippen molar-refractivity contribution in [2.45, 2.75) is 18.9 Å². The van der Waals surface area contributed by atoms with E-state index in [4.69, 9.17) is 14.2 Å². The number of methoxy groups -OCH3 is 3. The van der Waals surface area contributed by atoms with Crippen LogP contribution in [-0.4, -0.2) is 57.3 Å². The molecule has 3 atom stereocenters. The minimum Gasteiger partial charge on any atom is -0.504 e. The van der Waals surface area contributed by atoms with Gasteiger partial charge >= 0.3 is 11.9 Å². The van der Waals surface area contributed by atoms with Gasteiger partial charge in [-0.05, 0) is 25.0 Å². The van der Waals surface area contributed by atoms with Crippen molar-refractivity contribution >= 4 is 11.9 Å². The number of piperidine rings is 1. The van der Waals surface area contributed by atoms with Crippen LogP contribution in [-0.2, 0) is 23.8 Å². The topological polar surface area (TPSA) is 65.1 Å². The number of carbonyl (C=O) groups excluding carboxylic acids is 2. The molecule has 0 aliphatic carbocycles. The molecule has 0 N–H and O–H groups in total. The molecule has 2 rings (SSSR count). The maximum atomic E-state index is 12.1. The van der Waals surface area contributed by atoms with E-state index in [1.807, 2.05) is 0 Å². The molecular weight excluding hydrogens is 262 g/mol. The summed E-state index contributed by atoms with van der Waals surface area (Å²) in [5.41, 5.74) is 1.04. The minimum absolute atomic E-state index is 0.125. The summed E-state index contributed by atoms with van der Waals surface area (Å²) in [5, 5.41) is 0. The van der Waals surface area contributed by atoms with Gasteiger partial charge in [0.15, 0.2) is 0 Å². The summed E-state index contributed by atoms with van der Waals surface area (Å²) in [6.07, 6.45) is 3.55. The number of esters is 2. The van der Waals surface area contributed by atoms with Crippen molar-refractivity contribution in [3.8, 4) is 0 Å². The Morgan fingerprint density at radius 1 is 1.20 bits per heavy atom. The van der Waals surface area contributed by atoms with Gasteiger partial charge in [-0.2, -0.15) is 0 Å². The van der Waals surface area contributed by atoms with Crippen LogP contribution >= 0.6 is 0 Å². The Morgan fingerprint density at radius 3 is 2.50 bits per heavy atom. The predicted octanol–water partition coefficient (Wildman–Crippen LogP) is 0.573. The molecular formula is C14H21NO5. The lowest BCUT2D eigenvalue weighted by Gasteiger charge is -2.33. The van der Waals surface area contributed by atoms with Gasteiger partial charge in [-0.15, -0.1) is 0 Å². The van der Waals surface area contributed by atoms with E-state index in [-0.39, 0.29) is 18.0 Å². The molecule has 112 valence electrons. The molecule has 0 aromatic rings. The molecule has 6 heteroatoms. The third kappa shape index (κ3) is 2.52. The van der Waals surface area contributed by atoms with Crippen LogP contribution in [0.4, 0.5) is 0 Å². The second kappa shape index (κ2) is 6.26. The van der Waals surface area contributed by atoms with Crippen LogP contribution in [0, 0.1) is 11.8 Å². The largest absolute Gasteiger partial charge is 0.504 e. The van der Waals surface area contributed by atoms with E-state index in [0.717, 1.165) is 25.0 Å². The van der Waals surface area contributed by atoms with Crippen molar-refractivity contribution in [3.05, 3.63) is 11.8 Å². The number of fused-ring (bicyclic) bond motifs is 1. The van der Waals surface area contributed by atoms with Gasteiger partial charge in [-0.3, -0.25) is 14.5 Å². The molecule has 0 aromatic heterocycles. The van der Waals surface area contributed by atoms with Gasteiger partial charge in [-0.25, -0.2) is 0 Å². The fourth-order valence-electron chi connectivity index (χ4n) is 3.34. The Balaban J connectivity index is 2.34. The highest BCUT2D eigenvalue weighted by Crippen LogP contribution is 2.39. The van der Waals surface area contributed by atoms with Crippen molar-refractivity contribution in [1.29, 1.82) is 0 Å². The van der Waals surface area contributed by atoms with Crippen LogP contribution in [0.15, 0.2) is 11.8 Å². The molecule has 2 saturated heterocycles. The molecule has 0 radical (unpaired) electrons. The third-order valence-electron chi connectivity index (χ3n) is 4.14. The first-order chi connectivity index (χ1) is 9.63. The lowest BCUT2D eigenvalue weighted by molar-refractivity contribution is -0.155. The maximum Gasteiger partial charge on any atom is 0.311 e. The van der Waals surface area contributed by atoms with Gasteiger partial charge in [-0.1, -0.05) is 0 Å². The van der Waals surface area contributed by atoms with Crippen LogP contribution in [0.25, 0.3) is 0 Å². The Labute approximate surface area is 118 Å². The molecule has 2 aliphatic rings. The molecule has 1 unspecified atom stereocenters. The molecule has 6 nitrogen and oxygen atoms in total. The van der Waals surface area contributed by atoms with E-state index in [2.05, 4.69) is 4.90 Å². The lowest BCUT2D eigenvalue weighted by Crippen LogP contribution is -2.42. The molecule has 2 fully saturated rings. The zero-order chi connectivity index (χ0) is 14.7. The number of hydrogen-bond acceptors (Lipinski definition) is 6. The Morgan fingerprint density at radius 2 is 1.90 bits per heavy atom. The summed E-state index contributed by atoms with van der Waals surface area (Å²) in [7, 11) is 4.29. The molecule has 20 heavy (non-hydrogen) atoms. The SMILES string of the molecule is CO/C=C1\CCCN2C[C@@H](C(=O)OC)[C@@H](C(=O)OC)C12. The number of carbonyl (C=O) groups is 2. The van der Waals surface area contributed by atoms with Crippen molar-refractivity contribution in [1.82, 2.24) is 4.90 Å². The third-order valence-corrected chi connectivity index (χ3v) is 4.14. The fraction of sp³-hybridized carbons (Fsp3) is 0.714. The summed E-state index contributed by atoms with van der Waals surface area (Å²) in [6, 6.07) is -0.125. The predicted molar refractivity (Wildman–Crippen MR) is 70.7 cm³/mol. The van der Waals surface area contributed by atoms with Crippen LogP contribution in [0.1, 0.15) is 12.8 Å². The zero-order valence-corrected chi connectivity index (χ0v) is 12.1. The first-order valence-corrected chi connectivity index (χ1v) is 6.75. The first kappa shape index (κ1) is 14.8. The van der Waals surface area contributed by atoms with Crippen molar-refractivity contribution < 1.29 is 23.8 Å². The highest BCUT2D eigenvalue weighted by Gasteiger charge is 2.52. The normalized spacial score (nSPS) is 31.8. The fourth-order valence-corrected chi connectivity index (χ4v) is 3.34. The van der Waals surface area contributed by atoms with Gasteiger partial charge in [0.2, 0.25) is 0 Å². The summed E-state index contributed by atoms with van der Waals surface area (Å²) >= 11 is 0. The van der Waals surface area contributed by atoms with Crippen LogP contribution < -0.4 is 0 Å². The summed E-state index contributed by atoms with van der Waals surface area (Å²) in [6.45, 7) is 1.39. The Bertz CT molecular complexity index is 420. The first-order valence-electron chi connectivity index (χ1n) is 6.75. The van der Waals surface area contributed by atoms with Gasteiger partial charge < -0.3 is 14.2 Å². The molecule has 0 aromatic carbocycles. The monoisotopic (exact) mass is 283 g/mol. The number of nitrogens with zero attached hydrogens (tertiary/aromatic N) is 1. The highest BCUT2D eigenvalue weighted by molar-refractivity contribution is 5.84. The van der Waals surface area contributed by atoms with Crippen LogP contribution in [0.2, 0.25) is 0 Å². The number of rotatable bonds is 3.